The molecule has 1 heterocycles. The molecule has 0 fully saturated rings. The molecule has 1 N–H and O–H groups in total. The zero-order valence-electron chi connectivity index (χ0n) is 16.3. The van der Waals surface area contributed by atoms with Gasteiger partial charge in [-0.1, -0.05) is 66.7 Å². The zero-order chi connectivity index (χ0) is 19.1. The van der Waals surface area contributed by atoms with Gasteiger partial charge in [0.05, 0.1) is 12.6 Å². The van der Waals surface area contributed by atoms with E-state index < -0.39 is 0 Å². The Balaban J connectivity index is 1.49. The number of nitrogens with zero attached hydrogens (tertiary/aromatic N) is 2. The van der Waals surface area contributed by atoms with E-state index in [0.717, 1.165) is 19.5 Å². The highest BCUT2D eigenvalue weighted by molar-refractivity contribution is 5.78. The molecule has 4 nitrogen and oxygen atoms in total. The van der Waals surface area contributed by atoms with Crippen LogP contribution in [0.5, 0.6) is 0 Å². The third kappa shape index (κ3) is 5.52. The van der Waals surface area contributed by atoms with E-state index in [1.807, 2.05) is 38.4 Å². The summed E-state index contributed by atoms with van der Waals surface area (Å²) in [5.74, 6) is 0.0920. The molecule has 142 valence electrons. The summed E-state index contributed by atoms with van der Waals surface area (Å²) >= 11 is 0. The summed E-state index contributed by atoms with van der Waals surface area (Å²) in [6.45, 7) is 2.82. The molecule has 27 heavy (non-hydrogen) atoms. The SMILES string of the molecule is CN(C)C(CNC(=O)CN1CC=C(c2ccccc2)CC1)c1ccccc1. The second-order valence-electron chi connectivity index (χ2n) is 7.27. The first-order valence-corrected chi connectivity index (χ1v) is 9.58. The topological polar surface area (TPSA) is 35.6 Å². The normalized spacial score (nSPS) is 16.0. The van der Waals surface area contributed by atoms with Crippen LogP contribution in [0.2, 0.25) is 0 Å². The summed E-state index contributed by atoms with van der Waals surface area (Å²) < 4.78 is 0. The van der Waals surface area contributed by atoms with Gasteiger partial charge in [-0.05, 0) is 37.2 Å². The minimum absolute atomic E-state index is 0.0920. The van der Waals surface area contributed by atoms with Crippen LogP contribution in [0.15, 0.2) is 66.7 Å². The molecule has 0 bridgehead atoms. The molecule has 4 heteroatoms. The summed E-state index contributed by atoms with van der Waals surface area (Å²) in [4.78, 5) is 16.8. The van der Waals surface area contributed by atoms with Gasteiger partial charge in [-0.3, -0.25) is 9.69 Å². The maximum Gasteiger partial charge on any atom is 0.234 e. The van der Waals surface area contributed by atoms with Crippen LogP contribution in [0.3, 0.4) is 0 Å². The monoisotopic (exact) mass is 363 g/mol. The van der Waals surface area contributed by atoms with Crippen molar-refractivity contribution in [1.29, 1.82) is 0 Å². The van der Waals surface area contributed by atoms with Crippen molar-refractivity contribution < 1.29 is 4.79 Å². The quantitative estimate of drug-likeness (QED) is 0.821. The van der Waals surface area contributed by atoms with E-state index in [0.29, 0.717) is 13.1 Å². The Morgan fingerprint density at radius 1 is 1.07 bits per heavy atom. The van der Waals surface area contributed by atoms with Crippen LogP contribution in [0.4, 0.5) is 0 Å². The van der Waals surface area contributed by atoms with Gasteiger partial charge in [-0.2, -0.15) is 0 Å². The summed E-state index contributed by atoms with van der Waals surface area (Å²) in [7, 11) is 4.09. The Morgan fingerprint density at radius 2 is 1.74 bits per heavy atom. The number of carbonyl (C=O) groups excluding carboxylic acids is 1. The fourth-order valence-electron chi connectivity index (χ4n) is 3.51. The summed E-state index contributed by atoms with van der Waals surface area (Å²) in [6.07, 6.45) is 3.24. The van der Waals surface area contributed by atoms with E-state index >= 15 is 0 Å². The van der Waals surface area contributed by atoms with Gasteiger partial charge in [0.15, 0.2) is 0 Å². The van der Waals surface area contributed by atoms with Gasteiger partial charge in [0.25, 0.3) is 0 Å². The number of hydrogen-bond acceptors (Lipinski definition) is 3. The molecule has 1 aliphatic rings. The Bertz CT molecular complexity index is 756. The predicted octanol–water partition coefficient (Wildman–Crippen LogP) is 3.19. The van der Waals surface area contributed by atoms with Gasteiger partial charge < -0.3 is 10.2 Å². The van der Waals surface area contributed by atoms with E-state index in [1.165, 1.54) is 16.7 Å². The van der Waals surface area contributed by atoms with Crippen molar-refractivity contribution >= 4 is 11.5 Å². The van der Waals surface area contributed by atoms with Crippen LogP contribution in [0, 0.1) is 0 Å². The fraction of sp³-hybridized carbons (Fsp3) is 0.348. The third-order valence-corrected chi connectivity index (χ3v) is 5.11. The van der Waals surface area contributed by atoms with Crippen LogP contribution in [-0.2, 0) is 4.79 Å². The van der Waals surface area contributed by atoms with Gasteiger partial charge in [-0.25, -0.2) is 0 Å². The van der Waals surface area contributed by atoms with Crippen molar-refractivity contribution in [3.63, 3.8) is 0 Å². The maximum absolute atomic E-state index is 12.4. The molecule has 0 aromatic heterocycles. The van der Waals surface area contributed by atoms with Crippen LogP contribution in [0.1, 0.15) is 23.6 Å². The second-order valence-corrected chi connectivity index (χ2v) is 7.27. The van der Waals surface area contributed by atoms with E-state index in [9.17, 15) is 4.79 Å². The predicted molar refractivity (Wildman–Crippen MR) is 111 cm³/mol. The highest BCUT2D eigenvalue weighted by Gasteiger charge is 2.18. The van der Waals surface area contributed by atoms with Crippen LogP contribution in [0.25, 0.3) is 5.57 Å². The lowest BCUT2D eigenvalue weighted by Crippen LogP contribution is -2.42. The van der Waals surface area contributed by atoms with Crippen molar-refractivity contribution in [3.8, 4) is 0 Å². The van der Waals surface area contributed by atoms with Crippen LogP contribution in [-0.4, -0.2) is 56.0 Å². The molecule has 1 unspecified atom stereocenters. The van der Waals surface area contributed by atoms with Gasteiger partial charge in [0.2, 0.25) is 5.91 Å². The fourth-order valence-corrected chi connectivity index (χ4v) is 3.51. The molecule has 0 spiro atoms. The molecule has 1 amide bonds. The highest BCUT2D eigenvalue weighted by Crippen LogP contribution is 2.22. The lowest BCUT2D eigenvalue weighted by atomic mass is 10.00. The zero-order valence-corrected chi connectivity index (χ0v) is 16.3. The minimum atomic E-state index is 0.0920. The average Bonchev–Trinajstić information content (AvgIpc) is 2.70. The van der Waals surface area contributed by atoms with Crippen molar-refractivity contribution in [2.75, 3.05) is 40.3 Å². The first-order chi connectivity index (χ1) is 13.1. The summed E-state index contributed by atoms with van der Waals surface area (Å²) in [5.41, 5.74) is 3.89. The smallest absolute Gasteiger partial charge is 0.234 e. The molecule has 1 aliphatic heterocycles. The van der Waals surface area contributed by atoms with Gasteiger partial charge in [0, 0.05) is 19.6 Å². The highest BCUT2D eigenvalue weighted by atomic mass is 16.2. The molecule has 3 rings (SSSR count). The van der Waals surface area contributed by atoms with Gasteiger partial charge >= 0.3 is 0 Å². The average molecular weight is 364 g/mol. The van der Waals surface area contributed by atoms with E-state index in [1.54, 1.807) is 0 Å². The van der Waals surface area contributed by atoms with Crippen molar-refractivity contribution in [1.82, 2.24) is 15.1 Å². The first-order valence-electron chi connectivity index (χ1n) is 9.58. The molecule has 1 atom stereocenters. The molecular formula is C23H29N3O. The standard InChI is InChI=1S/C23H29N3O/c1-25(2)22(21-11-7-4-8-12-21)17-24-23(27)18-26-15-13-20(14-16-26)19-9-5-3-6-10-19/h3-13,22H,14-18H2,1-2H3,(H,24,27). The summed E-state index contributed by atoms with van der Waals surface area (Å²) in [5, 5.41) is 3.11. The Labute approximate surface area is 162 Å². The molecule has 0 radical (unpaired) electrons. The minimum Gasteiger partial charge on any atom is -0.353 e. The van der Waals surface area contributed by atoms with E-state index in [-0.39, 0.29) is 11.9 Å². The lowest BCUT2D eigenvalue weighted by molar-refractivity contribution is -0.122. The number of rotatable bonds is 7. The molecule has 0 saturated carbocycles. The molecule has 2 aromatic carbocycles. The second kappa shape index (κ2) is 9.49. The number of nitrogens with one attached hydrogen (secondary N) is 1. The van der Waals surface area contributed by atoms with E-state index in [4.69, 9.17) is 0 Å². The molecule has 2 aromatic rings. The lowest BCUT2D eigenvalue weighted by Gasteiger charge is -2.28. The van der Waals surface area contributed by atoms with Crippen LogP contribution >= 0.6 is 0 Å². The maximum atomic E-state index is 12.4. The summed E-state index contributed by atoms with van der Waals surface area (Å²) in [6, 6.07) is 21.0. The van der Waals surface area contributed by atoms with Crippen molar-refractivity contribution in [2.45, 2.75) is 12.5 Å². The van der Waals surface area contributed by atoms with Crippen molar-refractivity contribution in [2.24, 2.45) is 0 Å². The number of hydrogen-bond donors (Lipinski definition) is 1. The first kappa shape index (κ1) is 19.3. The van der Waals surface area contributed by atoms with E-state index in [2.05, 4.69) is 57.6 Å². The van der Waals surface area contributed by atoms with Crippen LogP contribution < -0.4 is 5.32 Å². The Kier molecular flexibility index (Phi) is 6.80. The molecule has 0 aliphatic carbocycles. The largest absolute Gasteiger partial charge is 0.353 e. The molecular weight excluding hydrogens is 334 g/mol. The number of benzene rings is 2. The third-order valence-electron chi connectivity index (χ3n) is 5.11. The Hall–Kier alpha value is -2.43. The Morgan fingerprint density at radius 3 is 2.33 bits per heavy atom. The van der Waals surface area contributed by atoms with Gasteiger partial charge in [-0.15, -0.1) is 0 Å². The van der Waals surface area contributed by atoms with Crippen molar-refractivity contribution in [3.05, 3.63) is 77.9 Å². The number of carbonyl (C=O) groups is 1. The van der Waals surface area contributed by atoms with Gasteiger partial charge in [0.1, 0.15) is 0 Å². The number of likely N-dealkylation sites (N-methyl/N-ethyl adjacent to an activating group) is 1. The molecule has 0 saturated heterocycles. The number of amides is 1.